The fraction of sp³-hybridized carbons (Fsp3) is 0.389. The van der Waals surface area contributed by atoms with Gasteiger partial charge in [-0.25, -0.2) is 13.4 Å². The lowest BCUT2D eigenvalue weighted by atomic mass is 9.96. The molecule has 0 aliphatic carbocycles. The maximum Gasteiger partial charge on any atom is 0.243 e. The lowest BCUT2D eigenvalue weighted by Crippen LogP contribution is -2.38. The van der Waals surface area contributed by atoms with Crippen LogP contribution in [0.25, 0.3) is 0 Å². The summed E-state index contributed by atoms with van der Waals surface area (Å²) in [4.78, 5) is 4.51. The van der Waals surface area contributed by atoms with Crippen molar-refractivity contribution in [1.82, 2.24) is 9.29 Å². The molecule has 0 amide bonds. The van der Waals surface area contributed by atoms with Crippen molar-refractivity contribution in [2.24, 2.45) is 0 Å². The van der Waals surface area contributed by atoms with Crippen LogP contribution in [0.5, 0.6) is 0 Å². The first-order valence-corrected chi connectivity index (χ1v) is 9.92. The molecule has 1 aliphatic rings. The minimum Gasteiger partial charge on any atom is -0.244 e. The monoisotopic (exact) mass is 364 g/mol. The standard InChI is InChI=1S/C18H21ClN2O2S/c1-13-6-8-15(9-7-13)24(22,23)21-10-4-3-5-17(21)16-12-20-18(19)11-14(16)2/h6-9,11-12,17H,3-5,10H2,1-2H3. The Balaban J connectivity index is 2.01. The summed E-state index contributed by atoms with van der Waals surface area (Å²) in [5, 5.41) is 0.431. The number of piperidine rings is 1. The maximum absolute atomic E-state index is 13.1. The molecule has 1 aliphatic heterocycles. The van der Waals surface area contributed by atoms with E-state index >= 15 is 0 Å². The van der Waals surface area contributed by atoms with Crippen LogP contribution in [0.4, 0.5) is 0 Å². The van der Waals surface area contributed by atoms with E-state index in [1.807, 2.05) is 26.0 Å². The largest absolute Gasteiger partial charge is 0.244 e. The van der Waals surface area contributed by atoms with E-state index < -0.39 is 10.0 Å². The zero-order valence-electron chi connectivity index (χ0n) is 13.9. The van der Waals surface area contributed by atoms with Gasteiger partial charge in [-0.15, -0.1) is 0 Å². The molecule has 0 bridgehead atoms. The summed E-state index contributed by atoms with van der Waals surface area (Å²) < 4.78 is 27.9. The van der Waals surface area contributed by atoms with Crippen molar-refractivity contribution in [3.8, 4) is 0 Å². The summed E-state index contributed by atoms with van der Waals surface area (Å²) in [7, 11) is -3.53. The third-order valence-electron chi connectivity index (χ3n) is 4.56. The van der Waals surface area contributed by atoms with Gasteiger partial charge in [-0.2, -0.15) is 4.31 Å². The SMILES string of the molecule is Cc1ccc(S(=O)(=O)N2CCCCC2c2cnc(Cl)cc2C)cc1. The number of nitrogens with zero attached hydrogens (tertiary/aromatic N) is 2. The Bertz CT molecular complexity index is 835. The average Bonchev–Trinajstić information content (AvgIpc) is 2.55. The van der Waals surface area contributed by atoms with Gasteiger partial charge >= 0.3 is 0 Å². The second-order valence-electron chi connectivity index (χ2n) is 6.30. The lowest BCUT2D eigenvalue weighted by molar-refractivity contribution is 0.255. The summed E-state index contributed by atoms with van der Waals surface area (Å²) in [6, 6.07) is 8.64. The van der Waals surface area contributed by atoms with Gasteiger partial charge in [-0.1, -0.05) is 35.7 Å². The number of aryl methyl sites for hydroxylation is 2. The molecule has 1 atom stereocenters. The molecule has 4 nitrogen and oxygen atoms in total. The number of halogens is 1. The molecule has 2 heterocycles. The van der Waals surface area contributed by atoms with Crippen LogP contribution in [0.1, 0.15) is 42.0 Å². The zero-order chi connectivity index (χ0) is 17.3. The van der Waals surface area contributed by atoms with Crippen LogP contribution >= 0.6 is 11.6 Å². The average molecular weight is 365 g/mol. The van der Waals surface area contributed by atoms with Gasteiger partial charge in [0.1, 0.15) is 5.15 Å². The molecule has 6 heteroatoms. The van der Waals surface area contributed by atoms with E-state index in [0.29, 0.717) is 16.6 Å². The summed E-state index contributed by atoms with van der Waals surface area (Å²) in [5.41, 5.74) is 2.96. The van der Waals surface area contributed by atoms with Gasteiger partial charge in [0.2, 0.25) is 10.0 Å². The number of hydrogen-bond donors (Lipinski definition) is 0. The first kappa shape index (κ1) is 17.4. The number of benzene rings is 1. The number of hydrogen-bond acceptors (Lipinski definition) is 3. The van der Waals surface area contributed by atoms with Crippen molar-refractivity contribution in [1.29, 1.82) is 0 Å². The van der Waals surface area contributed by atoms with E-state index in [2.05, 4.69) is 4.98 Å². The molecule has 128 valence electrons. The normalized spacial score (nSPS) is 19.4. The Labute approximate surface area is 148 Å². The third kappa shape index (κ3) is 3.34. The number of sulfonamides is 1. The molecule has 0 spiro atoms. The Morgan fingerprint density at radius 1 is 1.17 bits per heavy atom. The van der Waals surface area contributed by atoms with Crippen molar-refractivity contribution in [2.45, 2.75) is 44.0 Å². The lowest BCUT2D eigenvalue weighted by Gasteiger charge is -2.35. The van der Waals surface area contributed by atoms with Crippen LogP contribution in [0.3, 0.4) is 0 Å². The van der Waals surface area contributed by atoms with E-state index in [-0.39, 0.29) is 6.04 Å². The molecule has 3 rings (SSSR count). The van der Waals surface area contributed by atoms with E-state index in [1.54, 1.807) is 28.7 Å². The molecule has 1 unspecified atom stereocenters. The highest BCUT2D eigenvalue weighted by Gasteiger charge is 2.35. The number of aromatic nitrogens is 1. The van der Waals surface area contributed by atoms with Gasteiger partial charge < -0.3 is 0 Å². The Hall–Kier alpha value is -1.43. The van der Waals surface area contributed by atoms with Gasteiger partial charge in [-0.05, 0) is 56.0 Å². The molecule has 1 saturated heterocycles. The fourth-order valence-corrected chi connectivity index (χ4v) is 5.12. The number of rotatable bonds is 3. The smallest absolute Gasteiger partial charge is 0.243 e. The van der Waals surface area contributed by atoms with Crippen molar-refractivity contribution >= 4 is 21.6 Å². The highest BCUT2D eigenvalue weighted by Crippen LogP contribution is 2.36. The van der Waals surface area contributed by atoms with Crippen LogP contribution in [0, 0.1) is 13.8 Å². The third-order valence-corrected chi connectivity index (χ3v) is 6.69. The number of pyridine rings is 1. The maximum atomic E-state index is 13.1. The van der Waals surface area contributed by atoms with Gasteiger partial charge in [-0.3, -0.25) is 0 Å². The molecule has 1 aromatic carbocycles. The topological polar surface area (TPSA) is 50.3 Å². The van der Waals surface area contributed by atoms with Crippen LogP contribution in [0.15, 0.2) is 41.4 Å². The Morgan fingerprint density at radius 3 is 2.54 bits per heavy atom. The quantitative estimate of drug-likeness (QED) is 0.764. The first-order valence-electron chi connectivity index (χ1n) is 8.10. The Morgan fingerprint density at radius 2 is 1.88 bits per heavy atom. The summed E-state index contributed by atoms with van der Waals surface area (Å²) in [6.45, 7) is 4.43. The second kappa shape index (κ2) is 6.82. The van der Waals surface area contributed by atoms with Crippen LogP contribution < -0.4 is 0 Å². The molecule has 1 aromatic heterocycles. The first-order chi connectivity index (χ1) is 11.4. The van der Waals surface area contributed by atoms with Crippen molar-refractivity contribution in [2.75, 3.05) is 6.54 Å². The predicted molar refractivity (Wildman–Crippen MR) is 95.6 cm³/mol. The van der Waals surface area contributed by atoms with Crippen molar-refractivity contribution in [3.05, 3.63) is 58.4 Å². The molecule has 2 aromatic rings. The second-order valence-corrected chi connectivity index (χ2v) is 8.58. The van der Waals surface area contributed by atoms with Gasteiger partial charge in [0.05, 0.1) is 10.9 Å². The summed E-state index contributed by atoms with van der Waals surface area (Å²) in [5.74, 6) is 0. The van der Waals surface area contributed by atoms with Crippen LogP contribution in [-0.2, 0) is 10.0 Å². The van der Waals surface area contributed by atoms with Gasteiger partial charge in [0.25, 0.3) is 0 Å². The highest BCUT2D eigenvalue weighted by molar-refractivity contribution is 7.89. The summed E-state index contributed by atoms with van der Waals surface area (Å²) >= 11 is 5.95. The molecule has 0 saturated carbocycles. The minimum atomic E-state index is -3.53. The molecule has 0 radical (unpaired) electrons. The molecular formula is C18H21ClN2O2S. The fourth-order valence-electron chi connectivity index (χ4n) is 3.23. The van der Waals surface area contributed by atoms with E-state index in [9.17, 15) is 8.42 Å². The van der Waals surface area contributed by atoms with Gasteiger partial charge in [0.15, 0.2) is 0 Å². The van der Waals surface area contributed by atoms with Crippen molar-refractivity contribution in [3.63, 3.8) is 0 Å². The van der Waals surface area contributed by atoms with E-state index in [0.717, 1.165) is 36.0 Å². The molecule has 24 heavy (non-hydrogen) atoms. The van der Waals surface area contributed by atoms with Gasteiger partial charge in [0, 0.05) is 12.7 Å². The highest BCUT2D eigenvalue weighted by atomic mass is 35.5. The van der Waals surface area contributed by atoms with Crippen LogP contribution in [-0.4, -0.2) is 24.3 Å². The van der Waals surface area contributed by atoms with E-state index in [4.69, 9.17) is 11.6 Å². The molecular weight excluding hydrogens is 344 g/mol. The molecule has 0 N–H and O–H groups in total. The summed E-state index contributed by atoms with van der Waals surface area (Å²) in [6.07, 6.45) is 4.40. The molecule has 1 fully saturated rings. The minimum absolute atomic E-state index is 0.185. The van der Waals surface area contributed by atoms with E-state index in [1.165, 1.54) is 0 Å². The predicted octanol–water partition coefficient (Wildman–Crippen LogP) is 4.27. The Kier molecular flexibility index (Phi) is 4.95. The van der Waals surface area contributed by atoms with Crippen molar-refractivity contribution < 1.29 is 8.42 Å². The van der Waals surface area contributed by atoms with Crippen LogP contribution in [0.2, 0.25) is 5.15 Å². The zero-order valence-corrected chi connectivity index (χ0v) is 15.4.